The lowest BCUT2D eigenvalue weighted by molar-refractivity contribution is -0.246. The van der Waals surface area contributed by atoms with E-state index >= 15 is 0 Å². The lowest BCUT2D eigenvalue weighted by Crippen LogP contribution is -2.57. The molecule has 6 nitrogen and oxygen atoms in total. The van der Waals surface area contributed by atoms with Crippen LogP contribution in [0.5, 0.6) is 0 Å². The molecule has 2 N–H and O–H groups in total. The van der Waals surface area contributed by atoms with Gasteiger partial charge in [0.1, 0.15) is 24.4 Å². The third-order valence-electron chi connectivity index (χ3n) is 6.50. The molecule has 1 fully saturated rings. The molecule has 0 aliphatic carbocycles. The van der Waals surface area contributed by atoms with Crippen LogP contribution >= 0.6 is 0 Å². The Bertz CT molecular complexity index is 1000. The van der Waals surface area contributed by atoms with Crippen molar-refractivity contribution in [1.82, 2.24) is 0 Å². The number of nitrogens with two attached hydrogens (primary N) is 1. The Kier molecular flexibility index (Phi) is 11.1. The second-order valence-electron chi connectivity index (χ2n) is 9.61. The first-order valence-corrected chi connectivity index (χ1v) is 13.1. The van der Waals surface area contributed by atoms with Gasteiger partial charge in [-0.05, 0) is 29.2 Å². The van der Waals surface area contributed by atoms with Gasteiger partial charge in [-0.3, -0.25) is 0 Å². The van der Waals surface area contributed by atoms with E-state index in [1.807, 2.05) is 54.6 Å². The van der Waals surface area contributed by atoms with Crippen molar-refractivity contribution in [3.63, 3.8) is 0 Å². The molecule has 1 heterocycles. The molecule has 3 aromatic carbocycles. The molecular formula is C31H39NO5. The summed E-state index contributed by atoms with van der Waals surface area (Å²) in [6.45, 7) is 5.41. The van der Waals surface area contributed by atoms with Crippen molar-refractivity contribution in [3.05, 3.63) is 108 Å². The van der Waals surface area contributed by atoms with Gasteiger partial charge in [0, 0.05) is 0 Å². The van der Waals surface area contributed by atoms with Crippen molar-refractivity contribution >= 4 is 0 Å². The van der Waals surface area contributed by atoms with E-state index < -0.39 is 0 Å². The lowest BCUT2D eigenvalue weighted by Gasteiger charge is -2.42. The summed E-state index contributed by atoms with van der Waals surface area (Å²) in [7, 11) is 0. The molecule has 37 heavy (non-hydrogen) atoms. The molecule has 4 rings (SSSR count). The van der Waals surface area contributed by atoms with Gasteiger partial charge in [0.2, 0.25) is 0 Å². The zero-order valence-electron chi connectivity index (χ0n) is 21.6. The fraction of sp³-hybridized carbons (Fsp3) is 0.419. The summed E-state index contributed by atoms with van der Waals surface area (Å²) in [5.74, 6) is 0.277. The van der Waals surface area contributed by atoms with Crippen molar-refractivity contribution in [3.8, 4) is 0 Å². The van der Waals surface area contributed by atoms with E-state index in [4.69, 9.17) is 29.4 Å². The van der Waals surface area contributed by atoms with Crippen LogP contribution in [0.2, 0.25) is 0 Å². The minimum absolute atomic E-state index is 0.277. The zero-order valence-corrected chi connectivity index (χ0v) is 21.6. The molecule has 0 spiro atoms. The van der Waals surface area contributed by atoms with Crippen LogP contribution in [0, 0.1) is 5.92 Å². The minimum atomic E-state index is -0.369. The number of rotatable bonds is 14. The van der Waals surface area contributed by atoms with Crippen LogP contribution in [0.3, 0.4) is 0 Å². The van der Waals surface area contributed by atoms with Crippen LogP contribution in [0.25, 0.3) is 0 Å². The second kappa shape index (κ2) is 15.0. The highest BCUT2D eigenvalue weighted by Crippen LogP contribution is 2.27. The molecule has 198 valence electrons. The Labute approximate surface area is 220 Å². The average molecular weight is 506 g/mol. The summed E-state index contributed by atoms with van der Waals surface area (Å²) < 4.78 is 31.7. The molecule has 0 radical (unpaired) electrons. The van der Waals surface area contributed by atoms with E-state index in [9.17, 15) is 0 Å². The van der Waals surface area contributed by atoms with Gasteiger partial charge in [-0.1, -0.05) is 97.9 Å². The highest BCUT2D eigenvalue weighted by atomic mass is 16.6. The molecule has 3 aromatic rings. The maximum absolute atomic E-state index is 6.54. The number of hydrogen-bond acceptors (Lipinski definition) is 6. The van der Waals surface area contributed by atoms with E-state index in [2.05, 4.69) is 43.3 Å². The monoisotopic (exact) mass is 505 g/mol. The molecule has 1 aliphatic heterocycles. The van der Waals surface area contributed by atoms with Gasteiger partial charge in [-0.2, -0.15) is 0 Å². The fourth-order valence-electron chi connectivity index (χ4n) is 4.29. The van der Waals surface area contributed by atoms with Gasteiger partial charge >= 0.3 is 0 Å². The van der Waals surface area contributed by atoms with E-state index in [-0.39, 0.29) is 30.3 Å². The molecule has 0 amide bonds. The zero-order chi connectivity index (χ0) is 25.7. The van der Waals surface area contributed by atoms with E-state index in [1.165, 1.54) is 0 Å². The third-order valence-corrected chi connectivity index (χ3v) is 6.50. The Morgan fingerprint density at radius 1 is 0.730 bits per heavy atom. The third kappa shape index (κ3) is 8.75. The average Bonchev–Trinajstić information content (AvgIpc) is 2.96. The predicted octanol–water partition coefficient (Wildman–Crippen LogP) is 4.75. The van der Waals surface area contributed by atoms with Crippen LogP contribution < -0.4 is 5.73 Å². The highest BCUT2D eigenvalue weighted by Gasteiger charge is 2.43. The van der Waals surface area contributed by atoms with Gasteiger partial charge < -0.3 is 29.4 Å². The molecule has 0 bridgehead atoms. The van der Waals surface area contributed by atoms with Crippen LogP contribution in [0.4, 0.5) is 0 Å². The largest absolute Gasteiger partial charge is 0.378 e. The SMILES string of the molecule is CC(CN)COCC1OCC(OCc2ccccc2)C(OCc2ccccc2)C1OCc1ccccc1. The van der Waals surface area contributed by atoms with E-state index in [1.54, 1.807) is 0 Å². The maximum atomic E-state index is 6.54. The molecule has 5 atom stereocenters. The van der Waals surface area contributed by atoms with Gasteiger partial charge in [-0.15, -0.1) is 0 Å². The van der Waals surface area contributed by atoms with Crippen molar-refractivity contribution in [1.29, 1.82) is 0 Å². The lowest BCUT2D eigenvalue weighted by atomic mass is 9.99. The number of benzene rings is 3. The van der Waals surface area contributed by atoms with E-state index in [0.29, 0.717) is 46.2 Å². The molecule has 0 aromatic heterocycles. The van der Waals surface area contributed by atoms with Gasteiger partial charge in [-0.25, -0.2) is 0 Å². The Hall–Kier alpha value is -2.58. The topological polar surface area (TPSA) is 72.2 Å². The molecule has 5 unspecified atom stereocenters. The maximum Gasteiger partial charge on any atom is 0.115 e. The van der Waals surface area contributed by atoms with Gasteiger partial charge in [0.15, 0.2) is 0 Å². The van der Waals surface area contributed by atoms with Crippen LogP contribution in [-0.4, -0.2) is 50.8 Å². The van der Waals surface area contributed by atoms with Crippen molar-refractivity contribution < 1.29 is 23.7 Å². The molecular weight excluding hydrogens is 466 g/mol. The number of ether oxygens (including phenoxy) is 5. The fourth-order valence-corrected chi connectivity index (χ4v) is 4.29. The normalized spacial score (nSPS) is 22.5. The first-order chi connectivity index (χ1) is 18.2. The summed E-state index contributed by atoms with van der Waals surface area (Å²) in [6, 6.07) is 30.5. The first kappa shape index (κ1) is 27.5. The summed E-state index contributed by atoms with van der Waals surface area (Å²) >= 11 is 0. The minimum Gasteiger partial charge on any atom is -0.378 e. The first-order valence-electron chi connectivity index (χ1n) is 13.1. The standard InChI is InChI=1S/C31H39NO5/c1-24(17-32)18-33-22-28-30(36-20-26-13-7-3-8-14-26)31(37-21-27-15-9-4-10-16-27)29(23-35-28)34-19-25-11-5-2-6-12-25/h2-16,24,28-31H,17-23,32H2,1H3. The van der Waals surface area contributed by atoms with Crippen molar-refractivity contribution in [2.75, 3.05) is 26.4 Å². The highest BCUT2D eigenvalue weighted by molar-refractivity contribution is 5.15. The van der Waals surface area contributed by atoms with Gasteiger partial charge in [0.05, 0.1) is 39.6 Å². The van der Waals surface area contributed by atoms with Crippen LogP contribution in [0.1, 0.15) is 23.6 Å². The molecule has 1 aliphatic rings. The summed E-state index contributed by atoms with van der Waals surface area (Å²) in [6.07, 6.45) is -1.27. The predicted molar refractivity (Wildman–Crippen MR) is 144 cm³/mol. The summed E-state index contributed by atoms with van der Waals surface area (Å²) in [4.78, 5) is 0. The molecule has 6 heteroatoms. The Morgan fingerprint density at radius 2 is 1.22 bits per heavy atom. The van der Waals surface area contributed by atoms with Crippen molar-refractivity contribution in [2.45, 2.75) is 51.2 Å². The smallest absolute Gasteiger partial charge is 0.115 e. The summed E-state index contributed by atoms with van der Waals surface area (Å²) in [5, 5.41) is 0. The van der Waals surface area contributed by atoms with Crippen LogP contribution in [-0.2, 0) is 43.5 Å². The summed E-state index contributed by atoms with van der Waals surface area (Å²) in [5.41, 5.74) is 9.07. The number of hydrogen-bond donors (Lipinski definition) is 1. The Balaban J connectivity index is 1.50. The second-order valence-corrected chi connectivity index (χ2v) is 9.61. The molecule has 1 saturated heterocycles. The van der Waals surface area contributed by atoms with Crippen molar-refractivity contribution in [2.24, 2.45) is 11.7 Å². The van der Waals surface area contributed by atoms with Crippen LogP contribution in [0.15, 0.2) is 91.0 Å². The van der Waals surface area contributed by atoms with E-state index in [0.717, 1.165) is 16.7 Å². The molecule has 0 saturated carbocycles. The Morgan fingerprint density at radius 3 is 1.73 bits per heavy atom. The van der Waals surface area contributed by atoms with Gasteiger partial charge in [0.25, 0.3) is 0 Å². The quantitative estimate of drug-likeness (QED) is 0.341.